The smallest absolute Gasteiger partial charge is 0.133 e. The molecule has 78 valence electrons. The second-order valence-electron chi connectivity index (χ2n) is 3.16. The number of halogens is 1. The minimum Gasteiger partial charge on any atom is -0.496 e. The van der Waals surface area contributed by atoms with E-state index >= 15 is 0 Å². The van der Waals surface area contributed by atoms with Crippen molar-refractivity contribution in [2.45, 2.75) is 19.1 Å². The van der Waals surface area contributed by atoms with Gasteiger partial charge in [0.05, 0.1) is 23.7 Å². The normalized spacial score (nSPS) is 14.9. The molecular formula is C10H14BrNO2. The van der Waals surface area contributed by atoms with E-state index in [1.807, 2.05) is 18.2 Å². The van der Waals surface area contributed by atoms with Crippen LogP contribution in [0.2, 0.25) is 0 Å². The summed E-state index contributed by atoms with van der Waals surface area (Å²) in [5, 5.41) is 9.33. The second-order valence-corrected chi connectivity index (χ2v) is 4.01. The van der Waals surface area contributed by atoms with Crippen LogP contribution >= 0.6 is 15.9 Å². The van der Waals surface area contributed by atoms with Crippen molar-refractivity contribution in [3.63, 3.8) is 0 Å². The Labute approximate surface area is 92.0 Å². The predicted molar refractivity (Wildman–Crippen MR) is 59.3 cm³/mol. The summed E-state index contributed by atoms with van der Waals surface area (Å²) in [6.07, 6.45) is -0.569. The van der Waals surface area contributed by atoms with Crippen LogP contribution in [0.25, 0.3) is 0 Å². The molecule has 1 rings (SSSR count). The first-order valence-electron chi connectivity index (χ1n) is 4.33. The van der Waals surface area contributed by atoms with Crippen LogP contribution in [0.4, 0.5) is 0 Å². The highest BCUT2D eigenvalue weighted by Gasteiger charge is 2.13. The number of methoxy groups -OCH3 is 1. The fraction of sp³-hybridized carbons (Fsp3) is 0.400. The van der Waals surface area contributed by atoms with Crippen molar-refractivity contribution < 1.29 is 9.84 Å². The quantitative estimate of drug-likeness (QED) is 0.871. The molecule has 0 saturated heterocycles. The molecule has 1 aromatic carbocycles. The van der Waals surface area contributed by atoms with Gasteiger partial charge in [0.2, 0.25) is 0 Å². The number of hydrogen-bond acceptors (Lipinski definition) is 3. The van der Waals surface area contributed by atoms with Crippen LogP contribution in [-0.2, 0) is 0 Å². The summed E-state index contributed by atoms with van der Waals surface area (Å²) in [6.45, 7) is 1.67. The molecule has 0 aliphatic carbocycles. The zero-order valence-electron chi connectivity index (χ0n) is 8.20. The molecule has 0 aliphatic heterocycles. The number of rotatable bonds is 3. The molecule has 0 heterocycles. The van der Waals surface area contributed by atoms with Crippen LogP contribution in [0.3, 0.4) is 0 Å². The summed E-state index contributed by atoms with van der Waals surface area (Å²) in [5.74, 6) is 0.721. The van der Waals surface area contributed by atoms with Gasteiger partial charge < -0.3 is 15.6 Å². The van der Waals surface area contributed by atoms with Gasteiger partial charge in [0.15, 0.2) is 0 Å². The van der Waals surface area contributed by atoms with E-state index in [0.29, 0.717) is 0 Å². The molecule has 0 unspecified atom stereocenters. The monoisotopic (exact) mass is 259 g/mol. The Balaban J connectivity index is 3.00. The van der Waals surface area contributed by atoms with E-state index in [1.54, 1.807) is 14.0 Å². The molecule has 3 N–H and O–H groups in total. The molecule has 0 saturated carbocycles. The SMILES string of the molecule is COc1cc([C@@H](N)[C@@H](C)O)ccc1Br. The first-order valence-corrected chi connectivity index (χ1v) is 5.12. The van der Waals surface area contributed by atoms with Gasteiger partial charge in [-0.2, -0.15) is 0 Å². The molecule has 0 fully saturated rings. The molecule has 0 radical (unpaired) electrons. The highest BCUT2D eigenvalue weighted by atomic mass is 79.9. The third-order valence-corrected chi connectivity index (χ3v) is 2.73. The maximum absolute atomic E-state index is 9.33. The van der Waals surface area contributed by atoms with Gasteiger partial charge in [-0.1, -0.05) is 6.07 Å². The Morgan fingerprint density at radius 3 is 2.64 bits per heavy atom. The number of ether oxygens (including phenoxy) is 1. The number of hydrogen-bond donors (Lipinski definition) is 2. The summed E-state index contributed by atoms with van der Waals surface area (Å²) >= 11 is 3.35. The van der Waals surface area contributed by atoms with Crippen LogP contribution < -0.4 is 10.5 Å². The molecule has 0 aromatic heterocycles. The van der Waals surface area contributed by atoms with E-state index in [9.17, 15) is 5.11 Å². The lowest BCUT2D eigenvalue weighted by Crippen LogP contribution is -2.23. The lowest BCUT2D eigenvalue weighted by atomic mass is 10.0. The van der Waals surface area contributed by atoms with Gasteiger partial charge in [-0.25, -0.2) is 0 Å². The molecule has 1 aromatic rings. The van der Waals surface area contributed by atoms with E-state index in [1.165, 1.54) is 0 Å². The van der Waals surface area contributed by atoms with E-state index in [2.05, 4.69) is 15.9 Å². The van der Waals surface area contributed by atoms with Crippen molar-refractivity contribution in [1.82, 2.24) is 0 Å². The zero-order valence-corrected chi connectivity index (χ0v) is 9.78. The third kappa shape index (κ3) is 2.47. The summed E-state index contributed by atoms with van der Waals surface area (Å²) < 4.78 is 6.01. The van der Waals surface area contributed by atoms with Gasteiger partial charge in [0.25, 0.3) is 0 Å². The van der Waals surface area contributed by atoms with E-state index in [4.69, 9.17) is 10.5 Å². The molecule has 0 bridgehead atoms. The number of benzene rings is 1. The summed E-state index contributed by atoms with van der Waals surface area (Å²) in [6, 6.07) is 5.17. The largest absolute Gasteiger partial charge is 0.496 e. The maximum Gasteiger partial charge on any atom is 0.133 e. The lowest BCUT2D eigenvalue weighted by molar-refractivity contribution is 0.164. The highest BCUT2D eigenvalue weighted by Crippen LogP contribution is 2.28. The van der Waals surface area contributed by atoms with Gasteiger partial charge in [0, 0.05) is 0 Å². The highest BCUT2D eigenvalue weighted by molar-refractivity contribution is 9.10. The van der Waals surface area contributed by atoms with E-state index < -0.39 is 6.10 Å². The lowest BCUT2D eigenvalue weighted by Gasteiger charge is -2.16. The topological polar surface area (TPSA) is 55.5 Å². The van der Waals surface area contributed by atoms with Crippen LogP contribution in [0, 0.1) is 0 Å². The van der Waals surface area contributed by atoms with Crippen LogP contribution in [0.15, 0.2) is 22.7 Å². The van der Waals surface area contributed by atoms with Gasteiger partial charge in [-0.3, -0.25) is 0 Å². The van der Waals surface area contributed by atoms with Gasteiger partial charge in [-0.05, 0) is 40.5 Å². The molecule has 4 heteroatoms. The fourth-order valence-corrected chi connectivity index (χ4v) is 1.57. The average Bonchev–Trinajstić information content (AvgIpc) is 2.17. The van der Waals surface area contributed by atoms with Gasteiger partial charge in [0.1, 0.15) is 5.75 Å². The first-order chi connectivity index (χ1) is 6.56. The fourth-order valence-electron chi connectivity index (χ4n) is 1.16. The number of aliphatic hydroxyl groups excluding tert-OH is 1. The van der Waals surface area contributed by atoms with Gasteiger partial charge >= 0.3 is 0 Å². The standard InChI is InChI=1S/C10H14BrNO2/c1-6(13)10(12)7-3-4-8(11)9(5-7)14-2/h3-6,10,13H,12H2,1-2H3/t6-,10+/m1/s1. The Bertz CT molecular complexity index is 315. The second kappa shape index (κ2) is 4.77. The van der Waals surface area contributed by atoms with E-state index in [0.717, 1.165) is 15.8 Å². The Kier molecular flexibility index (Phi) is 3.92. The summed E-state index contributed by atoms with van der Waals surface area (Å²) in [5.41, 5.74) is 6.65. The van der Waals surface area contributed by atoms with Crippen molar-refractivity contribution in [2.24, 2.45) is 5.73 Å². The molecule has 2 atom stereocenters. The number of aliphatic hydroxyl groups is 1. The van der Waals surface area contributed by atoms with Gasteiger partial charge in [-0.15, -0.1) is 0 Å². The van der Waals surface area contributed by atoms with Crippen molar-refractivity contribution in [1.29, 1.82) is 0 Å². The third-order valence-electron chi connectivity index (χ3n) is 2.08. The first kappa shape index (κ1) is 11.5. The minimum absolute atomic E-state index is 0.378. The van der Waals surface area contributed by atoms with E-state index in [-0.39, 0.29) is 6.04 Å². The Morgan fingerprint density at radius 1 is 1.50 bits per heavy atom. The summed E-state index contributed by atoms with van der Waals surface area (Å²) in [4.78, 5) is 0. The number of nitrogens with two attached hydrogens (primary N) is 1. The average molecular weight is 260 g/mol. The molecule has 0 spiro atoms. The van der Waals surface area contributed by atoms with Crippen LogP contribution in [0.1, 0.15) is 18.5 Å². The Hall–Kier alpha value is -0.580. The van der Waals surface area contributed by atoms with Crippen LogP contribution in [-0.4, -0.2) is 18.3 Å². The van der Waals surface area contributed by atoms with Crippen molar-refractivity contribution in [2.75, 3.05) is 7.11 Å². The van der Waals surface area contributed by atoms with Crippen molar-refractivity contribution in [3.05, 3.63) is 28.2 Å². The minimum atomic E-state index is -0.569. The maximum atomic E-state index is 9.33. The molecular weight excluding hydrogens is 246 g/mol. The zero-order chi connectivity index (χ0) is 10.7. The molecule has 0 aliphatic rings. The predicted octanol–water partition coefficient (Wildman–Crippen LogP) is 1.84. The summed E-state index contributed by atoms with van der Waals surface area (Å²) in [7, 11) is 1.60. The molecule has 3 nitrogen and oxygen atoms in total. The molecule has 14 heavy (non-hydrogen) atoms. The molecule has 0 amide bonds. The van der Waals surface area contributed by atoms with Crippen molar-refractivity contribution >= 4 is 15.9 Å². The van der Waals surface area contributed by atoms with Crippen LogP contribution in [0.5, 0.6) is 5.75 Å². The van der Waals surface area contributed by atoms with Crippen molar-refractivity contribution in [3.8, 4) is 5.75 Å². The Morgan fingerprint density at radius 2 is 2.14 bits per heavy atom.